The first-order chi connectivity index (χ1) is 7.69. The van der Waals surface area contributed by atoms with E-state index in [1.54, 1.807) is 12.1 Å². The quantitative estimate of drug-likeness (QED) is 0.634. The first kappa shape index (κ1) is 12.7. The molecule has 4 nitrogen and oxygen atoms in total. The molecule has 1 heterocycles. The predicted molar refractivity (Wildman–Crippen MR) is 62.9 cm³/mol. The number of hydrogen-bond donors (Lipinski definition) is 1. The first-order valence-corrected chi connectivity index (χ1v) is 5.97. The summed E-state index contributed by atoms with van der Waals surface area (Å²) in [5, 5.41) is 2.79. The highest BCUT2D eigenvalue weighted by molar-refractivity contribution is 7.15. The van der Waals surface area contributed by atoms with Crippen LogP contribution in [0.5, 0.6) is 0 Å². The number of esters is 1. The molecule has 0 aliphatic heterocycles. The summed E-state index contributed by atoms with van der Waals surface area (Å²) in [7, 11) is 1.32. The second-order valence-corrected chi connectivity index (χ2v) is 4.35. The van der Waals surface area contributed by atoms with Crippen molar-refractivity contribution in [3.05, 3.63) is 21.9 Å². The lowest BCUT2D eigenvalue weighted by Crippen LogP contribution is -2.23. The van der Waals surface area contributed by atoms with Crippen molar-refractivity contribution in [1.82, 2.24) is 5.32 Å². The molecule has 0 atom stereocenters. The molecular weight excluding hydrogens is 226 g/mol. The van der Waals surface area contributed by atoms with Crippen LogP contribution in [0, 0.1) is 0 Å². The first-order valence-electron chi connectivity index (χ1n) is 5.15. The Morgan fingerprint density at radius 2 is 2.06 bits per heavy atom. The SMILES string of the molecule is CCCCNC(=O)c1ccc(C(=O)OC)s1. The smallest absolute Gasteiger partial charge is 0.348 e. The zero-order valence-electron chi connectivity index (χ0n) is 9.41. The minimum Gasteiger partial charge on any atom is -0.465 e. The Morgan fingerprint density at radius 3 is 2.69 bits per heavy atom. The lowest BCUT2D eigenvalue weighted by molar-refractivity contribution is 0.0606. The van der Waals surface area contributed by atoms with Crippen LogP contribution in [-0.4, -0.2) is 25.5 Å². The molecule has 0 fully saturated rings. The molecule has 0 aliphatic rings. The van der Waals surface area contributed by atoms with Gasteiger partial charge < -0.3 is 10.1 Å². The fourth-order valence-electron chi connectivity index (χ4n) is 1.14. The maximum atomic E-state index is 11.6. The van der Waals surface area contributed by atoms with E-state index in [1.165, 1.54) is 7.11 Å². The summed E-state index contributed by atoms with van der Waals surface area (Å²) in [6.45, 7) is 2.73. The summed E-state index contributed by atoms with van der Waals surface area (Å²) in [6, 6.07) is 3.24. The number of nitrogens with one attached hydrogen (secondary N) is 1. The standard InChI is InChI=1S/C11H15NO3S/c1-3-4-7-12-10(13)8-5-6-9(16-8)11(14)15-2/h5-6H,3-4,7H2,1-2H3,(H,12,13). The van der Waals surface area contributed by atoms with Crippen molar-refractivity contribution < 1.29 is 14.3 Å². The third-order valence-corrected chi connectivity index (χ3v) is 3.10. The molecule has 0 radical (unpaired) electrons. The van der Waals surface area contributed by atoms with Gasteiger partial charge in [0.25, 0.3) is 5.91 Å². The zero-order valence-corrected chi connectivity index (χ0v) is 10.2. The van der Waals surface area contributed by atoms with Gasteiger partial charge in [0, 0.05) is 6.54 Å². The van der Waals surface area contributed by atoms with Crippen molar-refractivity contribution in [3.8, 4) is 0 Å². The number of thiophene rings is 1. The van der Waals surface area contributed by atoms with E-state index in [4.69, 9.17) is 0 Å². The predicted octanol–water partition coefficient (Wildman–Crippen LogP) is 2.06. The minimum absolute atomic E-state index is 0.131. The van der Waals surface area contributed by atoms with Gasteiger partial charge in [-0.25, -0.2) is 4.79 Å². The van der Waals surface area contributed by atoms with Gasteiger partial charge in [-0.2, -0.15) is 0 Å². The monoisotopic (exact) mass is 241 g/mol. The van der Waals surface area contributed by atoms with Gasteiger partial charge in [0.15, 0.2) is 0 Å². The molecular formula is C11H15NO3S. The Bertz CT molecular complexity index is 373. The van der Waals surface area contributed by atoms with E-state index in [1.807, 2.05) is 0 Å². The normalized spacial score (nSPS) is 9.88. The molecule has 0 saturated heterocycles. The number of methoxy groups -OCH3 is 1. The molecule has 0 aliphatic carbocycles. The maximum Gasteiger partial charge on any atom is 0.348 e. The Balaban J connectivity index is 2.56. The number of rotatable bonds is 5. The molecule has 0 bridgehead atoms. The van der Waals surface area contributed by atoms with Crippen LogP contribution in [0.15, 0.2) is 12.1 Å². The van der Waals surface area contributed by atoms with E-state index in [0.717, 1.165) is 24.2 Å². The van der Waals surface area contributed by atoms with Crippen LogP contribution < -0.4 is 5.32 Å². The van der Waals surface area contributed by atoms with Crippen LogP contribution >= 0.6 is 11.3 Å². The Hall–Kier alpha value is -1.36. The van der Waals surface area contributed by atoms with E-state index >= 15 is 0 Å². The molecule has 1 aromatic heterocycles. The summed E-state index contributed by atoms with van der Waals surface area (Å²) >= 11 is 1.15. The number of amides is 1. The highest BCUT2D eigenvalue weighted by Crippen LogP contribution is 2.17. The maximum absolute atomic E-state index is 11.6. The van der Waals surface area contributed by atoms with Crippen molar-refractivity contribution in [3.63, 3.8) is 0 Å². The Labute approximate surface area is 98.6 Å². The molecule has 5 heteroatoms. The molecule has 1 N–H and O–H groups in total. The van der Waals surface area contributed by atoms with Gasteiger partial charge in [-0.1, -0.05) is 13.3 Å². The lowest BCUT2D eigenvalue weighted by atomic mass is 10.3. The van der Waals surface area contributed by atoms with Crippen LogP contribution in [0.2, 0.25) is 0 Å². The van der Waals surface area contributed by atoms with Crippen LogP contribution in [0.4, 0.5) is 0 Å². The molecule has 16 heavy (non-hydrogen) atoms. The molecule has 88 valence electrons. The van der Waals surface area contributed by atoms with Crippen molar-refractivity contribution in [2.45, 2.75) is 19.8 Å². The summed E-state index contributed by atoms with van der Waals surface area (Å²) in [5.41, 5.74) is 0. The van der Waals surface area contributed by atoms with Crippen LogP contribution in [-0.2, 0) is 4.74 Å². The number of hydrogen-bond acceptors (Lipinski definition) is 4. The number of carbonyl (C=O) groups excluding carboxylic acids is 2. The molecule has 1 amide bonds. The van der Waals surface area contributed by atoms with E-state index in [2.05, 4.69) is 17.0 Å². The van der Waals surface area contributed by atoms with Crippen molar-refractivity contribution >= 4 is 23.2 Å². The molecule has 0 aromatic carbocycles. The third-order valence-electron chi connectivity index (χ3n) is 2.03. The van der Waals surface area contributed by atoms with Gasteiger partial charge in [-0.3, -0.25) is 4.79 Å². The van der Waals surface area contributed by atoms with Gasteiger partial charge in [0.1, 0.15) is 4.88 Å². The topological polar surface area (TPSA) is 55.4 Å². The summed E-state index contributed by atoms with van der Waals surface area (Å²) in [4.78, 5) is 23.7. The fraction of sp³-hybridized carbons (Fsp3) is 0.455. The van der Waals surface area contributed by atoms with Crippen molar-refractivity contribution in [1.29, 1.82) is 0 Å². The molecule has 0 unspecified atom stereocenters. The number of ether oxygens (including phenoxy) is 1. The second kappa shape index (κ2) is 6.27. The lowest BCUT2D eigenvalue weighted by Gasteiger charge is -2.00. The molecule has 1 rings (SSSR count). The second-order valence-electron chi connectivity index (χ2n) is 3.26. The average Bonchev–Trinajstić information content (AvgIpc) is 2.77. The Morgan fingerprint density at radius 1 is 1.38 bits per heavy atom. The van der Waals surface area contributed by atoms with E-state index in [9.17, 15) is 9.59 Å². The highest BCUT2D eigenvalue weighted by atomic mass is 32.1. The summed E-state index contributed by atoms with van der Waals surface area (Å²) in [6.07, 6.45) is 2.00. The largest absolute Gasteiger partial charge is 0.465 e. The highest BCUT2D eigenvalue weighted by Gasteiger charge is 2.13. The van der Waals surface area contributed by atoms with E-state index < -0.39 is 5.97 Å². The van der Waals surface area contributed by atoms with Crippen LogP contribution in [0.25, 0.3) is 0 Å². The van der Waals surface area contributed by atoms with Crippen molar-refractivity contribution in [2.24, 2.45) is 0 Å². The third kappa shape index (κ3) is 3.34. The molecule has 0 spiro atoms. The minimum atomic E-state index is -0.405. The van der Waals surface area contributed by atoms with E-state index in [0.29, 0.717) is 16.3 Å². The molecule has 0 saturated carbocycles. The van der Waals surface area contributed by atoms with Crippen molar-refractivity contribution in [2.75, 3.05) is 13.7 Å². The fourth-order valence-corrected chi connectivity index (χ4v) is 1.98. The van der Waals surface area contributed by atoms with Gasteiger partial charge in [0.2, 0.25) is 0 Å². The van der Waals surface area contributed by atoms with Gasteiger partial charge in [-0.15, -0.1) is 11.3 Å². The molecule has 1 aromatic rings. The van der Waals surface area contributed by atoms with Gasteiger partial charge >= 0.3 is 5.97 Å². The Kier molecular flexibility index (Phi) is 4.98. The average molecular weight is 241 g/mol. The number of unbranched alkanes of at least 4 members (excludes halogenated alkanes) is 1. The zero-order chi connectivity index (χ0) is 12.0. The van der Waals surface area contributed by atoms with Crippen LogP contribution in [0.3, 0.4) is 0 Å². The summed E-state index contributed by atoms with van der Waals surface area (Å²) < 4.78 is 4.57. The van der Waals surface area contributed by atoms with Crippen LogP contribution in [0.1, 0.15) is 39.1 Å². The number of carbonyl (C=O) groups is 2. The van der Waals surface area contributed by atoms with E-state index in [-0.39, 0.29) is 5.91 Å². The summed E-state index contributed by atoms with van der Waals surface area (Å²) in [5.74, 6) is -0.536. The van der Waals surface area contributed by atoms with Gasteiger partial charge in [-0.05, 0) is 18.6 Å². The van der Waals surface area contributed by atoms with Gasteiger partial charge in [0.05, 0.1) is 12.0 Å².